The average Bonchev–Trinajstić information content (AvgIpc) is 2.61. The lowest BCUT2D eigenvalue weighted by Gasteiger charge is -2.14. The van der Waals surface area contributed by atoms with E-state index in [1.807, 2.05) is 61.5 Å². The third-order valence-electron chi connectivity index (χ3n) is 3.63. The number of nitrogens with zero attached hydrogens (tertiary/aromatic N) is 1. The standard InChI is InChI=1S/C20H24N2O3/c1-5-6-15-7-12-18(19(13-15)24-4)25-14-20(23)21-16-8-10-17(11-9-16)22(2)3/h5,7-13H,1,6,14H2,2-4H3,(H,21,23). The van der Waals surface area contributed by atoms with Gasteiger partial charge in [-0.15, -0.1) is 6.58 Å². The van der Waals surface area contributed by atoms with Gasteiger partial charge in [0.2, 0.25) is 0 Å². The molecule has 0 saturated heterocycles. The van der Waals surface area contributed by atoms with E-state index in [2.05, 4.69) is 11.9 Å². The van der Waals surface area contributed by atoms with E-state index in [9.17, 15) is 4.79 Å². The zero-order valence-corrected chi connectivity index (χ0v) is 14.9. The van der Waals surface area contributed by atoms with Crippen LogP contribution in [0.1, 0.15) is 5.56 Å². The first-order valence-electron chi connectivity index (χ1n) is 8.01. The Morgan fingerprint density at radius 1 is 1.16 bits per heavy atom. The molecule has 0 aromatic heterocycles. The van der Waals surface area contributed by atoms with Crippen molar-refractivity contribution in [1.29, 1.82) is 0 Å². The highest BCUT2D eigenvalue weighted by Gasteiger charge is 2.09. The zero-order valence-electron chi connectivity index (χ0n) is 14.9. The molecular weight excluding hydrogens is 316 g/mol. The van der Waals surface area contributed by atoms with Gasteiger partial charge in [-0.1, -0.05) is 12.1 Å². The Kier molecular flexibility index (Phi) is 6.46. The molecule has 0 spiro atoms. The van der Waals surface area contributed by atoms with E-state index >= 15 is 0 Å². The molecule has 0 radical (unpaired) electrons. The predicted octanol–water partition coefficient (Wildman–Crippen LogP) is 3.51. The van der Waals surface area contributed by atoms with Gasteiger partial charge in [-0.25, -0.2) is 0 Å². The number of benzene rings is 2. The Labute approximate surface area is 148 Å². The number of hydrogen-bond donors (Lipinski definition) is 1. The van der Waals surface area contributed by atoms with Gasteiger partial charge in [-0.05, 0) is 48.4 Å². The topological polar surface area (TPSA) is 50.8 Å². The molecule has 0 aliphatic heterocycles. The third kappa shape index (κ3) is 5.28. The van der Waals surface area contributed by atoms with E-state index in [0.717, 1.165) is 23.4 Å². The molecule has 132 valence electrons. The van der Waals surface area contributed by atoms with Gasteiger partial charge >= 0.3 is 0 Å². The number of carbonyl (C=O) groups excluding carboxylic acids is 1. The molecule has 1 amide bonds. The van der Waals surface area contributed by atoms with Crippen LogP contribution < -0.4 is 19.7 Å². The molecule has 2 aromatic carbocycles. The summed E-state index contributed by atoms with van der Waals surface area (Å²) in [5, 5.41) is 2.81. The summed E-state index contributed by atoms with van der Waals surface area (Å²) < 4.78 is 10.9. The quantitative estimate of drug-likeness (QED) is 0.747. The summed E-state index contributed by atoms with van der Waals surface area (Å²) in [5.74, 6) is 0.908. The lowest BCUT2D eigenvalue weighted by molar-refractivity contribution is -0.118. The highest BCUT2D eigenvalue weighted by molar-refractivity contribution is 5.92. The maximum atomic E-state index is 12.1. The van der Waals surface area contributed by atoms with Crippen molar-refractivity contribution in [2.75, 3.05) is 38.0 Å². The summed E-state index contributed by atoms with van der Waals surface area (Å²) >= 11 is 0. The Bertz CT molecular complexity index is 724. The van der Waals surface area contributed by atoms with Crippen LogP contribution in [0.5, 0.6) is 11.5 Å². The molecule has 0 saturated carbocycles. The minimum atomic E-state index is -0.227. The molecule has 5 nitrogen and oxygen atoms in total. The largest absolute Gasteiger partial charge is 0.493 e. The van der Waals surface area contributed by atoms with Crippen molar-refractivity contribution >= 4 is 17.3 Å². The normalized spacial score (nSPS) is 10.0. The summed E-state index contributed by atoms with van der Waals surface area (Å²) in [6, 6.07) is 13.2. The zero-order chi connectivity index (χ0) is 18.2. The van der Waals surface area contributed by atoms with Crippen LogP contribution >= 0.6 is 0 Å². The molecule has 25 heavy (non-hydrogen) atoms. The maximum Gasteiger partial charge on any atom is 0.262 e. The molecule has 0 aliphatic rings. The number of anilines is 2. The Balaban J connectivity index is 1.94. The van der Waals surface area contributed by atoms with E-state index in [0.29, 0.717) is 11.5 Å². The summed E-state index contributed by atoms with van der Waals surface area (Å²) in [7, 11) is 5.51. The van der Waals surface area contributed by atoms with Crippen LogP contribution in [0.4, 0.5) is 11.4 Å². The van der Waals surface area contributed by atoms with Gasteiger partial charge in [-0.3, -0.25) is 4.79 Å². The van der Waals surface area contributed by atoms with Crippen molar-refractivity contribution in [3.8, 4) is 11.5 Å². The monoisotopic (exact) mass is 340 g/mol. The molecule has 1 N–H and O–H groups in total. The molecule has 0 fully saturated rings. The second-order valence-corrected chi connectivity index (χ2v) is 5.76. The van der Waals surface area contributed by atoms with Crippen LogP contribution in [0.2, 0.25) is 0 Å². The van der Waals surface area contributed by atoms with Crippen molar-refractivity contribution < 1.29 is 14.3 Å². The lowest BCUT2D eigenvalue weighted by atomic mass is 10.1. The smallest absolute Gasteiger partial charge is 0.262 e. The number of ether oxygens (including phenoxy) is 2. The highest BCUT2D eigenvalue weighted by atomic mass is 16.5. The number of methoxy groups -OCH3 is 1. The summed E-state index contributed by atoms with van der Waals surface area (Å²) in [4.78, 5) is 14.1. The fraction of sp³-hybridized carbons (Fsp3) is 0.250. The van der Waals surface area contributed by atoms with Gasteiger partial charge < -0.3 is 19.7 Å². The van der Waals surface area contributed by atoms with Crippen LogP contribution in [0, 0.1) is 0 Å². The van der Waals surface area contributed by atoms with Gasteiger partial charge in [-0.2, -0.15) is 0 Å². The number of hydrogen-bond acceptors (Lipinski definition) is 4. The minimum Gasteiger partial charge on any atom is -0.493 e. The van der Waals surface area contributed by atoms with E-state index < -0.39 is 0 Å². The van der Waals surface area contributed by atoms with Gasteiger partial charge in [0, 0.05) is 25.5 Å². The fourth-order valence-electron chi connectivity index (χ4n) is 2.31. The number of carbonyl (C=O) groups is 1. The second kappa shape index (κ2) is 8.78. The van der Waals surface area contributed by atoms with Crippen molar-refractivity contribution in [2.45, 2.75) is 6.42 Å². The van der Waals surface area contributed by atoms with Gasteiger partial charge in [0.05, 0.1) is 7.11 Å². The molecule has 0 bridgehead atoms. The van der Waals surface area contributed by atoms with Gasteiger partial charge in [0.25, 0.3) is 5.91 Å². The van der Waals surface area contributed by atoms with Crippen LogP contribution in [0.25, 0.3) is 0 Å². The first-order valence-corrected chi connectivity index (χ1v) is 8.01. The first kappa shape index (κ1) is 18.4. The van der Waals surface area contributed by atoms with Crippen LogP contribution in [-0.4, -0.2) is 33.7 Å². The fourth-order valence-corrected chi connectivity index (χ4v) is 2.31. The molecule has 0 unspecified atom stereocenters. The van der Waals surface area contributed by atoms with Crippen molar-refractivity contribution in [3.63, 3.8) is 0 Å². The summed E-state index contributed by atoms with van der Waals surface area (Å²) in [6.45, 7) is 3.63. The van der Waals surface area contributed by atoms with Gasteiger partial charge in [0.1, 0.15) is 0 Å². The Morgan fingerprint density at radius 3 is 2.48 bits per heavy atom. The maximum absolute atomic E-state index is 12.1. The predicted molar refractivity (Wildman–Crippen MR) is 102 cm³/mol. The molecule has 0 aliphatic carbocycles. The van der Waals surface area contributed by atoms with E-state index in [-0.39, 0.29) is 12.5 Å². The highest BCUT2D eigenvalue weighted by Crippen LogP contribution is 2.28. The number of allylic oxidation sites excluding steroid dienone is 1. The molecule has 0 atom stereocenters. The molecule has 5 heteroatoms. The first-order chi connectivity index (χ1) is 12.0. The number of rotatable bonds is 8. The van der Waals surface area contributed by atoms with E-state index in [1.54, 1.807) is 13.2 Å². The van der Waals surface area contributed by atoms with Crippen LogP contribution in [0.3, 0.4) is 0 Å². The molecular formula is C20H24N2O3. The van der Waals surface area contributed by atoms with E-state index in [1.165, 1.54) is 0 Å². The molecule has 2 rings (SSSR count). The van der Waals surface area contributed by atoms with Crippen LogP contribution in [-0.2, 0) is 11.2 Å². The van der Waals surface area contributed by atoms with Crippen molar-refractivity contribution in [1.82, 2.24) is 0 Å². The van der Waals surface area contributed by atoms with Gasteiger partial charge in [0.15, 0.2) is 18.1 Å². The Morgan fingerprint density at radius 2 is 1.88 bits per heavy atom. The van der Waals surface area contributed by atoms with E-state index in [4.69, 9.17) is 9.47 Å². The van der Waals surface area contributed by atoms with Crippen molar-refractivity contribution in [3.05, 3.63) is 60.7 Å². The lowest BCUT2D eigenvalue weighted by Crippen LogP contribution is -2.20. The van der Waals surface area contributed by atoms with Crippen molar-refractivity contribution in [2.24, 2.45) is 0 Å². The molecule has 0 heterocycles. The molecule has 2 aromatic rings. The SMILES string of the molecule is C=CCc1ccc(OCC(=O)Nc2ccc(N(C)C)cc2)c(OC)c1. The summed E-state index contributed by atoms with van der Waals surface area (Å²) in [5.41, 5.74) is 2.87. The van der Waals surface area contributed by atoms with Crippen LogP contribution in [0.15, 0.2) is 55.1 Å². The minimum absolute atomic E-state index is 0.0907. The second-order valence-electron chi connectivity index (χ2n) is 5.76. The number of nitrogens with one attached hydrogen (secondary N) is 1. The summed E-state index contributed by atoms with van der Waals surface area (Å²) in [6.07, 6.45) is 2.57. The number of amides is 1. The third-order valence-corrected chi connectivity index (χ3v) is 3.63. The average molecular weight is 340 g/mol. The Hall–Kier alpha value is -2.95.